The first-order valence-corrected chi connectivity index (χ1v) is 7.19. The Bertz CT molecular complexity index is 559. The monoisotopic (exact) mass is 286 g/mol. The fourth-order valence-electron chi connectivity index (χ4n) is 2.02. The lowest BCUT2D eigenvalue weighted by Crippen LogP contribution is -2.13. The van der Waals surface area contributed by atoms with E-state index >= 15 is 0 Å². The van der Waals surface area contributed by atoms with Crippen molar-refractivity contribution in [3.05, 3.63) is 47.8 Å². The molecule has 21 heavy (non-hydrogen) atoms. The van der Waals surface area contributed by atoms with Crippen molar-refractivity contribution in [3.63, 3.8) is 0 Å². The molecule has 0 spiro atoms. The molecule has 5 heteroatoms. The highest BCUT2D eigenvalue weighted by Crippen LogP contribution is 2.16. The van der Waals surface area contributed by atoms with Gasteiger partial charge in [0.1, 0.15) is 18.2 Å². The zero-order valence-corrected chi connectivity index (χ0v) is 12.5. The van der Waals surface area contributed by atoms with Crippen LogP contribution in [0.25, 0.3) is 0 Å². The minimum absolute atomic E-state index is 0.379. The summed E-state index contributed by atoms with van der Waals surface area (Å²) in [5, 5.41) is 3.31. The predicted octanol–water partition coefficient (Wildman–Crippen LogP) is 2.81. The molecule has 0 radical (unpaired) electrons. The molecule has 1 unspecified atom stereocenters. The van der Waals surface area contributed by atoms with Crippen LogP contribution in [-0.2, 0) is 11.3 Å². The standard InChI is InChI=1S/C16H22N4O/c1-3-21-11-16-19-14(17)9-15(20-16)18-10-12(2)13-7-5-4-6-8-13/h4-9,12H,3,10-11H2,1-2H3,(H3,17,18,19,20). The second kappa shape index (κ2) is 7.59. The second-order valence-electron chi connectivity index (χ2n) is 4.92. The van der Waals surface area contributed by atoms with Crippen LogP contribution in [-0.4, -0.2) is 23.1 Å². The second-order valence-corrected chi connectivity index (χ2v) is 4.92. The lowest BCUT2D eigenvalue weighted by atomic mass is 10.0. The summed E-state index contributed by atoms with van der Waals surface area (Å²) in [4.78, 5) is 8.57. The maximum Gasteiger partial charge on any atom is 0.158 e. The SMILES string of the molecule is CCOCc1nc(N)cc(NCC(C)c2ccccc2)n1. The summed E-state index contributed by atoms with van der Waals surface area (Å²) in [6.07, 6.45) is 0. The van der Waals surface area contributed by atoms with Crippen molar-refractivity contribution in [2.24, 2.45) is 0 Å². The van der Waals surface area contributed by atoms with Gasteiger partial charge in [-0.05, 0) is 18.4 Å². The molecule has 0 saturated carbocycles. The highest BCUT2D eigenvalue weighted by molar-refractivity contribution is 5.45. The van der Waals surface area contributed by atoms with Crippen LogP contribution < -0.4 is 11.1 Å². The van der Waals surface area contributed by atoms with E-state index in [4.69, 9.17) is 10.5 Å². The number of hydrogen-bond donors (Lipinski definition) is 2. The number of aromatic nitrogens is 2. The van der Waals surface area contributed by atoms with Crippen molar-refractivity contribution in [2.45, 2.75) is 26.4 Å². The van der Waals surface area contributed by atoms with Crippen LogP contribution >= 0.6 is 0 Å². The maximum atomic E-state index is 5.80. The smallest absolute Gasteiger partial charge is 0.158 e. The van der Waals surface area contributed by atoms with Gasteiger partial charge in [0.25, 0.3) is 0 Å². The molecule has 112 valence electrons. The van der Waals surface area contributed by atoms with Gasteiger partial charge in [-0.1, -0.05) is 37.3 Å². The lowest BCUT2D eigenvalue weighted by molar-refractivity contribution is 0.128. The van der Waals surface area contributed by atoms with Crippen molar-refractivity contribution in [1.82, 2.24) is 9.97 Å². The summed E-state index contributed by atoms with van der Waals surface area (Å²) < 4.78 is 5.32. The third kappa shape index (κ3) is 4.72. The third-order valence-electron chi connectivity index (χ3n) is 3.19. The van der Waals surface area contributed by atoms with Gasteiger partial charge < -0.3 is 15.8 Å². The minimum Gasteiger partial charge on any atom is -0.384 e. The van der Waals surface area contributed by atoms with Crippen molar-refractivity contribution in [1.29, 1.82) is 0 Å². The van der Waals surface area contributed by atoms with Gasteiger partial charge in [0.2, 0.25) is 0 Å². The Morgan fingerprint density at radius 3 is 2.71 bits per heavy atom. The molecule has 0 aliphatic carbocycles. The van der Waals surface area contributed by atoms with Crippen LogP contribution in [0.3, 0.4) is 0 Å². The van der Waals surface area contributed by atoms with Gasteiger partial charge in [0.15, 0.2) is 5.82 Å². The molecular formula is C16H22N4O. The van der Waals surface area contributed by atoms with Crippen LogP contribution in [0.15, 0.2) is 36.4 Å². The Morgan fingerprint density at radius 2 is 2.00 bits per heavy atom. The first kappa shape index (κ1) is 15.3. The molecule has 0 amide bonds. The van der Waals surface area contributed by atoms with E-state index in [0.717, 1.165) is 12.4 Å². The Morgan fingerprint density at radius 1 is 1.24 bits per heavy atom. The first-order chi connectivity index (χ1) is 10.2. The van der Waals surface area contributed by atoms with Gasteiger partial charge in [-0.15, -0.1) is 0 Å². The van der Waals surface area contributed by atoms with Gasteiger partial charge in [0.05, 0.1) is 0 Å². The van der Waals surface area contributed by atoms with E-state index in [1.54, 1.807) is 6.07 Å². The van der Waals surface area contributed by atoms with Crippen molar-refractivity contribution in [2.75, 3.05) is 24.2 Å². The Labute approximate surface area is 125 Å². The van der Waals surface area contributed by atoms with E-state index in [9.17, 15) is 0 Å². The number of nitrogens with one attached hydrogen (secondary N) is 1. The predicted molar refractivity (Wildman–Crippen MR) is 85.1 cm³/mol. The molecule has 5 nitrogen and oxygen atoms in total. The zero-order chi connectivity index (χ0) is 15.1. The Hall–Kier alpha value is -2.14. The zero-order valence-electron chi connectivity index (χ0n) is 12.5. The number of nitrogens with two attached hydrogens (primary N) is 1. The largest absolute Gasteiger partial charge is 0.384 e. The molecule has 0 aliphatic heterocycles. The summed E-state index contributed by atoms with van der Waals surface area (Å²) in [5.74, 6) is 2.18. The summed E-state index contributed by atoms with van der Waals surface area (Å²) in [7, 11) is 0. The van der Waals surface area contributed by atoms with E-state index in [2.05, 4.69) is 46.5 Å². The molecular weight excluding hydrogens is 264 g/mol. The van der Waals surface area contributed by atoms with Crippen LogP contribution in [0.2, 0.25) is 0 Å². The molecule has 2 aromatic rings. The topological polar surface area (TPSA) is 73.1 Å². The van der Waals surface area contributed by atoms with Gasteiger partial charge in [-0.25, -0.2) is 9.97 Å². The van der Waals surface area contributed by atoms with Gasteiger partial charge >= 0.3 is 0 Å². The molecule has 2 rings (SSSR count). The molecule has 0 aliphatic rings. The van der Waals surface area contributed by atoms with E-state index < -0.39 is 0 Å². The van der Waals surface area contributed by atoms with Crippen LogP contribution in [0.1, 0.15) is 31.2 Å². The third-order valence-corrected chi connectivity index (χ3v) is 3.19. The molecule has 1 heterocycles. The molecule has 0 fully saturated rings. The number of hydrogen-bond acceptors (Lipinski definition) is 5. The van der Waals surface area contributed by atoms with E-state index in [0.29, 0.717) is 30.8 Å². The first-order valence-electron chi connectivity index (χ1n) is 7.19. The molecule has 1 atom stereocenters. The normalized spacial score (nSPS) is 12.1. The molecule has 1 aromatic heterocycles. The number of ether oxygens (including phenoxy) is 1. The van der Waals surface area contributed by atoms with E-state index in [1.807, 2.05) is 13.0 Å². The highest BCUT2D eigenvalue weighted by atomic mass is 16.5. The molecule has 3 N–H and O–H groups in total. The summed E-state index contributed by atoms with van der Waals surface area (Å²) in [6.45, 7) is 5.91. The van der Waals surface area contributed by atoms with Crippen molar-refractivity contribution < 1.29 is 4.74 Å². The van der Waals surface area contributed by atoms with Gasteiger partial charge in [-0.2, -0.15) is 0 Å². The quantitative estimate of drug-likeness (QED) is 0.818. The van der Waals surface area contributed by atoms with Crippen molar-refractivity contribution in [3.8, 4) is 0 Å². The van der Waals surface area contributed by atoms with Gasteiger partial charge in [0, 0.05) is 19.2 Å². The highest BCUT2D eigenvalue weighted by Gasteiger charge is 2.07. The Balaban J connectivity index is 1.97. The van der Waals surface area contributed by atoms with Gasteiger partial charge in [-0.3, -0.25) is 0 Å². The number of nitrogens with zero attached hydrogens (tertiary/aromatic N) is 2. The fraction of sp³-hybridized carbons (Fsp3) is 0.375. The minimum atomic E-state index is 0.379. The number of benzene rings is 1. The van der Waals surface area contributed by atoms with Crippen molar-refractivity contribution >= 4 is 11.6 Å². The molecule has 0 saturated heterocycles. The Kier molecular flexibility index (Phi) is 5.51. The van der Waals surface area contributed by atoms with Crippen LogP contribution in [0.4, 0.5) is 11.6 Å². The average Bonchev–Trinajstić information content (AvgIpc) is 2.51. The number of nitrogen functional groups attached to an aromatic ring is 1. The van der Waals surface area contributed by atoms with E-state index in [1.165, 1.54) is 5.56 Å². The maximum absolute atomic E-state index is 5.80. The lowest BCUT2D eigenvalue weighted by Gasteiger charge is -2.14. The molecule has 0 bridgehead atoms. The van der Waals surface area contributed by atoms with Crippen LogP contribution in [0, 0.1) is 0 Å². The summed E-state index contributed by atoms with van der Waals surface area (Å²) in [6, 6.07) is 12.1. The average molecular weight is 286 g/mol. The summed E-state index contributed by atoms with van der Waals surface area (Å²) in [5.41, 5.74) is 7.10. The molecule has 1 aromatic carbocycles. The van der Waals surface area contributed by atoms with E-state index in [-0.39, 0.29) is 0 Å². The summed E-state index contributed by atoms with van der Waals surface area (Å²) >= 11 is 0. The number of anilines is 2. The van der Waals surface area contributed by atoms with Crippen LogP contribution in [0.5, 0.6) is 0 Å². The number of rotatable bonds is 7. The fourth-order valence-corrected chi connectivity index (χ4v) is 2.02.